The number of nitrogens with zero attached hydrogens (tertiary/aromatic N) is 4. The molecule has 2 aliphatic rings. The summed E-state index contributed by atoms with van der Waals surface area (Å²) in [5, 5.41) is 3.51. The Morgan fingerprint density at radius 1 is 1.18 bits per heavy atom. The van der Waals surface area contributed by atoms with Crippen LogP contribution in [0.15, 0.2) is 35.3 Å². The lowest BCUT2D eigenvalue weighted by atomic mass is 10.1. The number of likely N-dealkylation sites (N-methyl/N-ethyl adjacent to an activating group) is 1. The molecule has 1 unspecified atom stereocenters. The number of amides is 1. The molecule has 2 heterocycles. The minimum Gasteiger partial charge on any atom is -0.356 e. The van der Waals surface area contributed by atoms with Crippen LogP contribution in [0.2, 0.25) is 0 Å². The van der Waals surface area contributed by atoms with Crippen molar-refractivity contribution in [3.63, 3.8) is 0 Å². The van der Waals surface area contributed by atoms with Crippen molar-refractivity contribution in [1.82, 2.24) is 20.0 Å². The van der Waals surface area contributed by atoms with E-state index in [1.807, 2.05) is 6.07 Å². The second-order valence-corrected chi connectivity index (χ2v) is 8.20. The summed E-state index contributed by atoms with van der Waals surface area (Å²) in [7, 11) is 3.56. The molecule has 2 aliphatic heterocycles. The SMILES string of the molecule is CN(C)C(=O)CN=C(NCCc1ccccc1)N1CCC(CN2CCCC2)C1. The summed E-state index contributed by atoms with van der Waals surface area (Å²) in [6.45, 7) is 6.79. The fraction of sp³-hybridized carbons (Fsp3) is 0.636. The molecule has 1 aromatic carbocycles. The van der Waals surface area contributed by atoms with Crippen LogP contribution >= 0.6 is 0 Å². The summed E-state index contributed by atoms with van der Waals surface area (Å²) in [6.07, 6.45) is 4.84. The quantitative estimate of drug-likeness (QED) is 0.573. The zero-order valence-corrected chi connectivity index (χ0v) is 17.4. The van der Waals surface area contributed by atoms with Crippen LogP contribution in [0.4, 0.5) is 0 Å². The molecule has 1 N–H and O–H groups in total. The van der Waals surface area contributed by atoms with Gasteiger partial charge in [-0.3, -0.25) is 4.79 Å². The van der Waals surface area contributed by atoms with Gasteiger partial charge in [-0.2, -0.15) is 0 Å². The molecule has 2 fully saturated rings. The van der Waals surface area contributed by atoms with E-state index < -0.39 is 0 Å². The number of carbonyl (C=O) groups is 1. The van der Waals surface area contributed by atoms with Gasteiger partial charge in [0, 0.05) is 40.3 Å². The third-order valence-electron chi connectivity index (χ3n) is 5.70. The van der Waals surface area contributed by atoms with Gasteiger partial charge in [0.15, 0.2) is 5.96 Å². The average molecular weight is 386 g/mol. The van der Waals surface area contributed by atoms with Gasteiger partial charge in [0.25, 0.3) is 0 Å². The van der Waals surface area contributed by atoms with Crippen molar-refractivity contribution in [2.24, 2.45) is 10.9 Å². The Hall–Kier alpha value is -2.08. The van der Waals surface area contributed by atoms with E-state index in [0.717, 1.165) is 32.0 Å². The lowest BCUT2D eigenvalue weighted by Gasteiger charge is -2.24. The molecule has 3 rings (SSSR count). The number of hydrogen-bond donors (Lipinski definition) is 1. The Balaban J connectivity index is 1.55. The van der Waals surface area contributed by atoms with E-state index in [9.17, 15) is 4.79 Å². The number of hydrogen-bond acceptors (Lipinski definition) is 3. The van der Waals surface area contributed by atoms with E-state index in [0.29, 0.717) is 5.92 Å². The molecular weight excluding hydrogens is 350 g/mol. The molecule has 1 atom stereocenters. The summed E-state index contributed by atoms with van der Waals surface area (Å²) in [5.41, 5.74) is 1.31. The van der Waals surface area contributed by atoms with Gasteiger partial charge >= 0.3 is 0 Å². The van der Waals surface area contributed by atoms with Gasteiger partial charge in [-0.15, -0.1) is 0 Å². The van der Waals surface area contributed by atoms with Crippen LogP contribution in [0.5, 0.6) is 0 Å². The van der Waals surface area contributed by atoms with E-state index in [-0.39, 0.29) is 12.5 Å². The van der Waals surface area contributed by atoms with Gasteiger partial charge in [0.1, 0.15) is 6.54 Å². The van der Waals surface area contributed by atoms with Gasteiger partial charge in [-0.1, -0.05) is 30.3 Å². The molecule has 1 aromatic rings. The summed E-state index contributed by atoms with van der Waals surface area (Å²) in [6, 6.07) is 10.5. The molecule has 0 radical (unpaired) electrons. The lowest BCUT2D eigenvalue weighted by Crippen LogP contribution is -2.42. The smallest absolute Gasteiger partial charge is 0.243 e. The number of benzene rings is 1. The molecule has 0 saturated carbocycles. The number of likely N-dealkylation sites (tertiary alicyclic amines) is 2. The molecule has 2 saturated heterocycles. The first-order chi connectivity index (χ1) is 13.6. The van der Waals surface area contributed by atoms with E-state index in [1.165, 1.54) is 44.5 Å². The summed E-state index contributed by atoms with van der Waals surface area (Å²) in [4.78, 5) is 23.2. The maximum atomic E-state index is 12.0. The predicted octanol–water partition coefficient (Wildman–Crippen LogP) is 1.68. The van der Waals surface area contributed by atoms with Gasteiger partial charge < -0.3 is 20.0 Å². The Morgan fingerprint density at radius 2 is 1.93 bits per heavy atom. The van der Waals surface area contributed by atoms with Crippen LogP contribution in [-0.4, -0.2) is 86.5 Å². The summed E-state index contributed by atoms with van der Waals surface area (Å²) in [5.74, 6) is 1.62. The molecule has 0 aromatic heterocycles. The minimum absolute atomic E-state index is 0.0372. The van der Waals surface area contributed by atoms with E-state index in [2.05, 4.69) is 44.4 Å². The van der Waals surface area contributed by atoms with Crippen LogP contribution in [-0.2, 0) is 11.2 Å². The number of rotatable bonds is 7. The molecule has 154 valence electrons. The van der Waals surface area contributed by atoms with Crippen LogP contribution in [0, 0.1) is 5.92 Å². The van der Waals surface area contributed by atoms with Crippen LogP contribution < -0.4 is 5.32 Å². The van der Waals surface area contributed by atoms with E-state index in [4.69, 9.17) is 0 Å². The van der Waals surface area contributed by atoms with Crippen molar-refractivity contribution in [2.75, 3.05) is 59.9 Å². The number of carbonyl (C=O) groups excluding carboxylic acids is 1. The highest BCUT2D eigenvalue weighted by Gasteiger charge is 2.27. The van der Waals surface area contributed by atoms with Crippen molar-refractivity contribution >= 4 is 11.9 Å². The highest BCUT2D eigenvalue weighted by Crippen LogP contribution is 2.20. The summed E-state index contributed by atoms with van der Waals surface area (Å²) >= 11 is 0. The first-order valence-electron chi connectivity index (χ1n) is 10.6. The average Bonchev–Trinajstić information content (AvgIpc) is 3.37. The van der Waals surface area contributed by atoms with Gasteiger partial charge in [0.05, 0.1) is 0 Å². The van der Waals surface area contributed by atoms with Crippen molar-refractivity contribution in [2.45, 2.75) is 25.7 Å². The number of aliphatic imine (C=N–C) groups is 1. The largest absolute Gasteiger partial charge is 0.356 e. The third kappa shape index (κ3) is 6.23. The normalized spacial score (nSPS) is 20.6. The standard InChI is InChI=1S/C22H35N5O/c1-25(2)21(28)16-24-22(23-12-10-19-8-4-3-5-9-19)27-15-11-20(18-27)17-26-13-6-7-14-26/h3-5,8-9,20H,6-7,10-18H2,1-2H3,(H,23,24). The van der Waals surface area contributed by atoms with Crippen molar-refractivity contribution < 1.29 is 4.79 Å². The number of nitrogens with one attached hydrogen (secondary N) is 1. The van der Waals surface area contributed by atoms with Crippen LogP contribution in [0.1, 0.15) is 24.8 Å². The van der Waals surface area contributed by atoms with E-state index in [1.54, 1.807) is 19.0 Å². The first-order valence-corrected chi connectivity index (χ1v) is 10.6. The van der Waals surface area contributed by atoms with Crippen LogP contribution in [0.25, 0.3) is 0 Å². The minimum atomic E-state index is 0.0372. The van der Waals surface area contributed by atoms with Gasteiger partial charge in [-0.25, -0.2) is 4.99 Å². The molecule has 0 bridgehead atoms. The highest BCUT2D eigenvalue weighted by atomic mass is 16.2. The van der Waals surface area contributed by atoms with Gasteiger partial charge in [0.2, 0.25) is 5.91 Å². The third-order valence-corrected chi connectivity index (χ3v) is 5.70. The first kappa shape index (κ1) is 20.6. The molecule has 0 aliphatic carbocycles. The fourth-order valence-electron chi connectivity index (χ4n) is 4.02. The molecule has 6 nitrogen and oxygen atoms in total. The monoisotopic (exact) mass is 385 g/mol. The van der Waals surface area contributed by atoms with Gasteiger partial charge in [-0.05, 0) is 50.3 Å². The Bertz CT molecular complexity index is 640. The summed E-state index contributed by atoms with van der Waals surface area (Å²) < 4.78 is 0. The second-order valence-electron chi connectivity index (χ2n) is 8.20. The Kier molecular flexibility index (Phi) is 7.71. The topological polar surface area (TPSA) is 51.2 Å². The molecule has 1 amide bonds. The fourth-order valence-corrected chi connectivity index (χ4v) is 4.02. The lowest BCUT2D eigenvalue weighted by molar-refractivity contribution is -0.127. The molecule has 0 spiro atoms. The molecule has 28 heavy (non-hydrogen) atoms. The molecular formula is C22H35N5O. The van der Waals surface area contributed by atoms with Crippen molar-refractivity contribution in [3.05, 3.63) is 35.9 Å². The number of guanidine groups is 1. The zero-order valence-electron chi connectivity index (χ0n) is 17.4. The van der Waals surface area contributed by atoms with E-state index >= 15 is 0 Å². The molecule has 6 heteroatoms. The zero-order chi connectivity index (χ0) is 19.8. The van der Waals surface area contributed by atoms with Crippen molar-refractivity contribution in [1.29, 1.82) is 0 Å². The maximum Gasteiger partial charge on any atom is 0.243 e. The maximum absolute atomic E-state index is 12.0. The van der Waals surface area contributed by atoms with Crippen LogP contribution in [0.3, 0.4) is 0 Å². The highest BCUT2D eigenvalue weighted by molar-refractivity contribution is 5.85. The van der Waals surface area contributed by atoms with Crippen molar-refractivity contribution in [3.8, 4) is 0 Å². The second kappa shape index (κ2) is 10.5. The predicted molar refractivity (Wildman–Crippen MR) is 114 cm³/mol. The Labute approximate surface area is 169 Å². The Morgan fingerprint density at radius 3 is 2.64 bits per heavy atom.